The molecule has 0 radical (unpaired) electrons. The highest BCUT2D eigenvalue weighted by molar-refractivity contribution is 5.94. The molecule has 2 aromatic rings. The van der Waals surface area contributed by atoms with E-state index in [9.17, 15) is 9.59 Å². The molecule has 0 saturated carbocycles. The fourth-order valence-corrected chi connectivity index (χ4v) is 2.98. The molecule has 1 aliphatic heterocycles. The Hall–Kier alpha value is -3.02. The second kappa shape index (κ2) is 8.89. The minimum absolute atomic E-state index is 0.137. The van der Waals surface area contributed by atoms with Crippen molar-refractivity contribution in [2.24, 2.45) is 0 Å². The van der Waals surface area contributed by atoms with Gasteiger partial charge in [0.05, 0.1) is 6.54 Å². The molecular weight excluding hydrogens is 330 g/mol. The van der Waals surface area contributed by atoms with Gasteiger partial charge >= 0.3 is 6.03 Å². The van der Waals surface area contributed by atoms with Gasteiger partial charge in [0.25, 0.3) is 0 Å². The van der Waals surface area contributed by atoms with Crippen molar-refractivity contribution in [3.63, 3.8) is 0 Å². The Bertz CT molecular complexity index is 722. The van der Waals surface area contributed by atoms with E-state index in [1.807, 2.05) is 60.7 Å². The monoisotopic (exact) mass is 353 g/mol. The molecule has 136 valence electrons. The predicted octanol–water partition coefficient (Wildman–Crippen LogP) is 2.88. The molecule has 6 nitrogen and oxygen atoms in total. The summed E-state index contributed by atoms with van der Waals surface area (Å²) in [6.07, 6.45) is 1.49. The van der Waals surface area contributed by atoms with Crippen LogP contribution in [0.25, 0.3) is 0 Å². The summed E-state index contributed by atoms with van der Waals surface area (Å²) in [6.45, 7) is 1.37. The Morgan fingerprint density at radius 2 is 1.73 bits per heavy atom. The van der Waals surface area contributed by atoms with Gasteiger partial charge in [-0.15, -0.1) is 0 Å². The average Bonchev–Trinajstić information content (AvgIpc) is 3.17. The number of benzene rings is 2. The fraction of sp³-hybridized carbons (Fsp3) is 0.300. The van der Waals surface area contributed by atoms with Crippen LogP contribution in [-0.4, -0.2) is 42.6 Å². The van der Waals surface area contributed by atoms with Gasteiger partial charge < -0.3 is 20.3 Å². The topological polar surface area (TPSA) is 70.7 Å². The summed E-state index contributed by atoms with van der Waals surface area (Å²) in [7, 11) is 0. The number of hydrogen-bond donors (Lipinski definition) is 2. The average molecular weight is 353 g/mol. The molecule has 6 heteroatoms. The highest BCUT2D eigenvalue weighted by Gasteiger charge is 2.33. The highest BCUT2D eigenvalue weighted by Crippen LogP contribution is 2.19. The van der Waals surface area contributed by atoms with Crippen molar-refractivity contribution in [3.8, 4) is 5.75 Å². The van der Waals surface area contributed by atoms with Gasteiger partial charge in [-0.2, -0.15) is 0 Å². The standard InChI is InChI=1S/C20H23N3O3/c24-19(21-13-15-26-17-10-5-2-6-11-17)18-12-7-14-23(18)20(25)22-16-8-3-1-4-9-16/h1-6,8-11,18H,7,12-15H2,(H,21,24)(H,22,25)/t18-/m1/s1. The Morgan fingerprint density at radius 1 is 1.04 bits per heavy atom. The molecule has 0 bridgehead atoms. The zero-order valence-corrected chi connectivity index (χ0v) is 14.6. The largest absolute Gasteiger partial charge is 0.492 e. The van der Waals surface area contributed by atoms with E-state index in [-0.39, 0.29) is 11.9 Å². The number of nitrogens with one attached hydrogen (secondary N) is 2. The van der Waals surface area contributed by atoms with Crippen molar-refractivity contribution < 1.29 is 14.3 Å². The quantitative estimate of drug-likeness (QED) is 0.785. The van der Waals surface area contributed by atoms with E-state index in [0.717, 1.165) is 17.9 Å². The first-order valence-electron chi connectivity index (χ1n) is 8.82. The summed E-state index contributed by atoms with van der Waals surface area (Å²) >= 11 is 0. The highest BCUT2D eigenvalue weighted by atomic mass is 16.5. The lowest BCUT2D eigenvalue weighted by Gasteiger charge is -2.24. The SMILES string of the molecule is O=C(NCCOc1ccccc1)[C@H]1CCCN1C(=O)Nc1ccccc1. The molecule has 1 saturated heterocycles. The van der Waals surface area contributed by atoms with Crippen LogP contribution in [0.2, 0.25) is 0 Å². The second-order valence-electron chi connectivity index (χ2n) is 6.10. The van der Waals surface area contributed by atoms with Crippen LogP contribution in [0, 0.1) is 0 Å². The van der Waals surface area contributed by atoms with Crippen LogP contribution in [0.5, 0.6) is 5.75 Å². The summed E-state index contributed by atoms with van der Waals surface area (Å²) in [5.41, 5.74) is 0.722. The van der Waals surface area contributed by atoms with Gasteiger partial charge in [-0.25, -0.2) is 4.79 Å². The third kappa shape index (κ3) is 4.75. The Labute approximate surface area is 153 Å². The summed E-state index contributed by atoms with van der Waals surface area (Å²) in [5, 5.41) is 5.70. The Morgan fingerprint density at radius 3 is 2.46 bits per heavy atom. The zero-order chi connectivity index (χ0) is 18.2. The van der Waals surface area contributed by atoms with Crippen LogP contribution in [-0.2, 0) is 4.79 Å². The van der Waals surface area contributed by atoms with Crippen molar-refractivity contribution in [1.82, 2.24) is 10.2 Å². The molecule has 1 fully saturated rings. The maximum absolute atomic E-state index is 12.5. The number of nitrogens with zero attached hydrogens (tertiary/aromatic N) is 1. The van der Waals surface area contributed by atoms with Crippen molar-refractivity contribution >= 4 is 17.6 Å². The van der Waals surface area contributed by atoms with Gasteiger partial charge in [0.15, 0.2) is 0 Å². The van der Waals surface area contributed by atoms with E-state index in [4.69, 9.17) is 4.74 Å². The first kappa shape index (κ1) is 17.8. The van der Waals surface area contributed by atoms with Crippen LogP contribution in [0.3, 0.4) is 0 Å². The molecule has 2 aromatic carbocycles. The summed E-state index contributed by atoms with van der Waals surface area (Å²) in [6, 6.07) is 18.0. The lowest BCUT2D eigenvalue weighted by Crippen LogP contribution is -2.48. The number of likely N-dealkylation sites (tertiary alicyclic amines) is 1. The van der Waals surface area contributed by atoms with E-state index in [1.165, 1.54) is 0 Å². The number of amides is 3. The van der Waals surface area contributed by atoms with E-state index >= 15 is 0 Å². The zero-order valence-electron chi connectivity index (χ0n) is 14.6. The number of para-hydroxylation sites is 2. The normalized spacial score (nSPS) is 16.2. The van der Waals surface area contributed by atoms with Crippen molar-refractivity contribution in [2.45, 2.75) is 18.9 Å². The van der Waals surface area contributed by atoms with Gasteiger partial charge in [0.1, 0.15) is 18.4 Å². The Balaban J connectivity index is 1.46. The second-order valence-corrected chi connectivity index (χ2v) is 6.10. The molecular formula is C20H23N3O3. The molecule has 1 atom stereocenters. The van der Waals surface area contributed by atoms with Crippen LogP contribution < -0.4 is 15.4 Å². The van der Waals surface area contributed by atoms with Crippen LogP contribution >= 0.6 is 0 Å². The van der Waals surface area contributed by atoms with Crippen molar-refractivity contribution in [2.75, 3.05) is 25.0 Å². The Kier molecular flexibility index (Phi) is 6.09. The third-order valence-electron chi connectivity index (χ3n) is 4.25. The molecule has 0 aliphatic carbocycles. The van der Waals surface area contributed by atoms with Crippen molar-refractivity contribution in [1.29, 1.82) is 0 Å². The minimum Gasteiger partial charge on any atom is -0.492 e. The number of carbonyl (C=O) groups excluding carboxylic acids is 2. The van der Waals surface area contributed by atoms with E-state index in [2.05, 4.69) is 10.6 Å². The van der Waals surface area contributed by atoms with E-state index in [1.54, 1.807) is 4.90 Å². The number of hydrogen-bond acceptors (Lipinski definition) is 3. The van der Waals surface area contributed by atoms with Crippen LogP contribution in [0.15, 0.2) is 60.7 Å². The minimum atomic E-state index is -0.435. The molecule has 2 N–H and O–H groups in total. The summed E-state index contributed by atoms with van der Waals surface area (Å²) in [5.74, 6) is 0.633. The molecule has 3 rings (SSSR count). The molecule has 0 unspecified atom stereocenters. The summed E-state index contributed by atoms with van der Waals surface area (Å²) < 4.78 is 5.56. The maximum Gasteiger partial charge on any atom is 0.322 e. The number of carbonyl (C=O) groups is 2. The van der Waals surface area contributed by atoms with Crippen LogP contribution in [0.1, 0.15) is 12.8 Å². The fourth-order valence-electron chi connectivity index (χ4n) is 2.98. The van der Waals surface area contributed by atoms with Gasteiger partial charge in [-0.05, 0) is 37.1 Å². The lowest BCUT2D eigenvalue weighted by atomic mass is 10.2. The molecule has 26 heavy (non-hydrogen) atoms. The number of rotatable bonds is 6. The molecule has 0 spiro atoms. The number of ether oxygens (including phenoxy) is 1. The van der Waals surface area contributed by atoms with Gasteiger partial charge in [-0.3, -0.25) is 4.79 Å². The molecule has 0 aromatic heterocycles. The van der Waals surface area contributed by atoms with E-state index < -0.39 is 6.04 Å². The first-order chi connectivity index (χ1) is 12.7. The summed E-state index contributed by atoms with van der Waals surface area (Å²) in [4.78, 5) is 26.5. The maximum atomic E-state index is 12.5. The molecule has 1 heterocycles. The predicted molar refractivity (Wildman–Crippen MR) is 100 cm³/mol. The van der Waals surface area contributed by atoms with E-state index in [0.29, 0.717) is 26.1 Å². The lowest BCUT2D eigenvalue weighted by molar-refractivity contribution is -0.124. The molecule has 1 aliphatic rings. The number of anilines is 1. The van der Waals surface area contributed by atoms with Crippen LogP contribution in [0.4, 0.5) is 10.5 Å². The van der Waals surface area contributed by atoms with Gasteiger partial charge in [0.2, 0.25) is 5.91 Å². The number of urea groups is 1. The van der Waals surface area contributed by atoms with Crippen molar-refractivity contribution in [3.05, 3.63) is 60.7 Å². The van der Waals surface area contributed by atoms with Gasteiger partial charge in [0, 0.05) is 12.2 Å². The third-order valence-corrected chi connectivity index (χ3v) is 4.25. The first-order valence-corrected chi connectivity index (χ1v) is 8.82. The smallest absolute Gasteiger partial charge is 0.322 e. The molecule has 3 amide bonds. The van der Waals surface area contributed by atoms with Gasteiger partial charge in [-0.1, -0.05) is 36.4 Å².